The van der Waals surface area contributed by atoms with Crippen molar-refractivity contribution in [1.29, 1.82) is 0 Å². The van der Waals surface area contributed by atoms with Crippen LogP contribution in [0.15, 0.2) is 51.9 Å². The lowest BCUT2D eigenvalue weighted by molar-refractivity contribution is 0.547. The van der Waals surface area contributed by atoms with Crippen LogP contribution < -0.4 is 15.8 Å². The van der Waals surface area contributed by atoms with Crippen molar-refractivity contribution >= 4 is 34.4 Å². The molecule has 1 aliphatic heterocycles. The molecule has 4 aromatic rings. The first-order valence-electron chi connectivity index (χ1n) is 9.21. The van der Waals surface area contributed by atoms with Crippen LogP contribution in [0.4, 0.5) is 5.82 Å². The minimum Gasteiger partial charge on any atom is -0.403 e. The molecular formula is C20H20ClN5O3. The number of anilines is 1. The number of hydrogen-bond donors (Lipinski definition) is 2. The van der Waals surface area contributed by atoms with Gasteiger partial charge < -0.3 is 19.0 Å². The van der Waals surface area contributed by atoms with Gasteiger partial charge >= 0.3 is 5.63 Å². The SMILES string of the molecule is Cc1ccn2cc(-c3cc4ccc(N5CCNCC5)nc4oc3=O)nc2c1.OCl. The molecule has 0 radical (unpaired) electrons. The predicted molar refractivity (Wildman–Crippen MR) is 112 cm³/mol. The van der Waals surface area contributed by atoms with Gasteiger partial charge in [0.25, 0.3) is 0 Å². The molecular weight excluding hydrogens is 394 g/mol. The fourth-order valence-electron chi connectivity index (χ4n) is 3.45. The van der Waals surface area contributed by atoms with Crippen molar-refractivity contribution in [2.45, 2.75) is 6.92 Å². The lowest BCUT2D eigenvalue weighted by atomic mass is 10.2. The summed E-state index contributed by atoms with van der Waals surface area (Å²) in [5, 5.41) is 4.11. The molecule has 8 nitrogen and oxygen atoms in total. The van der Waals surface area contributed by atoms with Crippen LogP contribution in [-0.4, -0.2) is 45.2 Å². The van der Waals surface area contributed by atoms with E-state index >= 15 is 0 Å². The molecule has 0 aliphatic carbocycles. The first kappa shape index (κ1) is 19.4. The first-order chi connectivity index (χ1) is 14.2. The molecule has 4 aromatic heterocycles. The van der Waals surface area contributed by atoms with E-state index in [0.717, 1.165) is 48.6 Å². The molecule has 1 aliphatic rings. The van der Waals surface area contributed by atoms with E-state index in [-0.39, 0.29) is 0 Å². The third kappa shape index (κ3) is 3.82. The number of fused-ring (bicyclic) bond motifs is 2. The Morgan fingerprint density at radius 1 is 1.14 bits per heavy atom. The second kappa shape index (κ2) is 8.20. The standard InChI is InChI=1S/C20H19N5O2.ClHO/c1-13-4-7-25-12-16(22-18(25)10-13)15-11-14-2-3-17(23-19(14)27-20(15)26)24-8-5-21-6-9-24;1-2/h2-4,7,10-12,21H,5-6,8-9H2,1H3;2H. The summed E-state index contributed by atoms with van der Waals surface area (Å²) in [4.78, 5) is 23.9. The largest absolute Gasteiger partial charge is 0.403 e. The summed E-state index contributed by atoms with van der Waals surface area (Å²) in [6.07, 6.45) is 3.78. The average molecular weight is 414 g/mol. The van der Waals surface area contributed by atoms with Gasteiger partial charge in [-0.3, -0.25) is 4.66 Å². The van der Waals surface area contributed by atoms with Crippen LogP contribution in [0.1, 0.15) is 5.56 Å². The maximum atomic E-state index is 12.6. The molecule has 9 heteroatoms. The summed E-state index contributed by atoms with van der Waals surface area (Å²) in [6, 6.07) is 9.72. The van der Waals surface area contributed by atoms with Crippen molar-refractivity contribution in [1.82, 2.24) is 19.7 Å². The van der Waals surface area contributed by atoms with E-state index in [1.165, 1.54) is 0 Å². The number of halogens is 1. The number of piperazine rings is 1. The topological polar surface area (TPSA) is 95.9 Å². The summed E-state index contributed by atoms with van der Waals surface area (Å²) in [6.45, 7) is 5.65. The molecule has 0 saturated carbocycles. The number of aryl methyl sites for hydroxylation is 1. The molecule has 0 spiro atoms. The second-order valence-corrected chi connectivity index (χ2v) is 6.84. The Kier molecular flexibility index (Phi) is 5.48. The van der Waals surface area contributed by atoms with Crippen molar-refractivity contribution in [2.24, 2.45) is 0 Å². The number of nitrogens with one attached hydrogen (secondary N) is 1. The zero-order valence-corrected chi connectivity index (χ0v) is 16.6. The van der Waals surface area contributed by atoms with Crippen LogP contribution >= 0.6 is 11.9 Å². The van der Waals surface area contributed by atoms with Crippen molar-refractivity contribution < 1.29 is 9.08 Å². The average Bonchev–Trinajstić information content (AvgIpc) is 3.18. The van der Waals surface area contributed by atoms with Crippen molar-refractivity contribution in [3.8, 4) is 11.3 Å². The number of imidazole rings is 1. The van der Waals surface area contributed by atoms with Crippen LogP contribution in [0.3, 0.4) is 0 Å². The van der Waals surface area contributed by atoms with E-state index in [1.807, 2.05) is 54.0 Å². The Bertz CT molecular complexity index is 1210. The third-order valence-electron chi connectivity index (χ3n) is 4.92. The Morgan fingerprint density at radius 3 is 2.72 bits per heavy atom. The normalized spacial score (nSPS) is 14.1. The van der Waals surface area contributed by atoms with Crippen molar-refractivity contribution in [3.05, 3.63) is 58.7 Å². The van der Waals surface area contributed by atoms with Crippen molar-refractivity contribution in [3.63, 3.8) is 0 Å². The zero-order chi connectivity index (χ0) is 20.4. The van der Waals surface area contributed by atoms with Gasteiger partial charge in [-0.25, -0.2) is 9.78 Å². The highest BCUT2D eigenvalue weighted by Crippen LogP contribution is 2.23. The number of nitrogens with zero attached hydrogens (tertiary/aromatic N) is 4. The second-order valence-electron chi connectivity index (χ2n) is 6.84. The van der Waals surface area contributed by atoms with E-state index in [1.54, 1.807) is 0 Å². The number of rotatable bonds is 2. The van der Waals surface area contributed by atoms with Crippen molar-refractivity contribution in [2.75, 3.05) is 31.1 Å². The van der Waals surface area contributed by atoms with Gasteiger partial charge in [-0.1, -0.05) is 0 Å². The highest BCUT2D eigenvalue weighted by Gasteiger charge is 2.15. The minimum absolute atomic E-state index is 0.361. The number of pyridine rings is 2. The summed E-state index contributed by atoms with van der Waals surface area (Å²) in [7, 11) is 0. The monoisotopic (exact) mass is 413 g/mol. The molecule has 0 amide bonds. The van der Waals surface area contributed by atoms with Crippen LogP contribution in [0, 0.1) is 6.92 Å². The van der Waals surface area contributed by atoms with E-state index in [4.69, 9.17) is 9.08 Å². The van der Waals surface area contributed by atoms with Crippen LogP contribution in [0.25, 0.3) is 28.0 Å². The van der Waals surface area contributed by atoms with Gasteiger partial charge in [-0.2, -0.15) is 4.98 Å². The fraction of sp³-hybridized carbons (Fsp3) is 0.250. The third-order valence-corrected chi connectivity index (χ3v) is 4.92. The number of hydrogen-bond acceptors (Lipinski definition) is 7. The van der Waals surface area contributed by atoms with Crippen LogP contribution in [0.2, 0.25) is 0 Å². The Morgan fingerprint density at radius 2 is 1.93 bits per heavy atom. The fourth-order valence-corrected chi connectivity index (χ4v) is 3.45. The van der Waals surface area contributed by atoms with Gasteiger partial charge in [-0.15, -0.1) is 0 Å². The Hall–Kier alpha value is -2.94. The Balaban J connectivity index is 0.000000994. The lowest BCUT2D eigenvalue weighted by Gasteiger charge is -2.28. The molecule has 0 atom stereocenters. The maximum absolute atomic E-state index is 12.6. The summed E-state index contributed by atoms with van der Waals surface area (Å²) in [5.74, 6) is 0.836. The minimum atomic E-state index is -0.424. The molecule has 0 aromatic carbocycles. The molecule has 5 rings (SSSR count). The molecule has 5 heterocycles. The van der Waals surface area contributed by atoms with E-state index in [0.29, 0.717) is 17.0 Å². The van der Waals surface area contributed by atoms with E-state index in [9.17, 15) is 4.79 Å². The molecule has 1 saturated heterocycles. The van der Waals surface area contributed by atoms with Gasteiger partial charge in [0.15, 0.2) is 0 Å². The Labute approximate surface area is 171 Å². The quantitative estimate of drug-likeness (QED) is 0.520. The molecule has 29 heavy (non-hydrogen) atoms. The molecule has 0 bridgehead atoms. The molecule has 150 valence electrons. The van der Waals surface area contributed by atoms with E-state index in [2.05, 4.69) is 32.1 Å². The van der Waals surface area contributed by atoms with Crippen LogP contribution in [0.5, 0.6) is 0 Å². The summed E-state index contributed by atoms with van der Waals surface area (Å²) < 4.78 is 13.9. The number of aromatic nitrogens is 3. The van der Waals surface area contributed by atoms with Gasteiger partial charge in [0.1, 0.15) is 11.5 Å². The predicted octanol–water partition coefficient (Wildman–Crippen LogP) is 2.35. The molecule has 0 unspecified atom stereocenters. The zero-order valence-electron chi connectivity index (χ0n) is 15.8. The van der Waals surface area contributed by atoms with Gasteiger partial charge in [0, 0.05) is 44.0 Å². The highest BCUT2D eigenvalue weighted by molar-refractivity contribution is 6.04. The van der Waals surface area contributed by atoms with Gasteiger partial charge in [0.2, 0.25) is 5.71 Å². The smallest absolute Gasteiger partial charge is 0.347 e. The first-order valence-corrected chi connectivity index (χ1v) is 9.54. The lowest BCUT2D eigenvalue weighted by Crippen LogP contribution is -2.43. The summed E-state index contributed by atoms with van der Waals surface area (Å²) in [5.41, 5.74) is 2.90. The molecule has 2 N–H and O–H groups in total. The van der Waals surface area contributed by atoms with Gasteiger partial charge in [-0.05, 0) is 42.8 Å². The highest BCUT2D eigenvalue weighted by atomic mass is 35.5. The summed E-state index contributed by atoms with van der Waals surface area (Å²) >= 11 is 3.64. The molecule has 1 fully saturated rings. The van der Waals surface area contributed by atoms with Crippen LogP contribution in [-0.2, 0) is 0 Å². The maximum Gasteiger partial charge on any atom is 0.347 e. The van der Waals surface area contributed by atoms with E-state index < -0.39 is 5.63 Å². The van der Waals surface area contributed by atoms with Gasteiger partial charge in [0.05, 0.1) is 23.1 Å².